The first-order valence-corrected chi connectivity index (χ1v) is 7.97. The number of carbonyl (C=O) groups excluding carboxylic acids is 2. The van der Waals surface area contributed by atoms with Crippen LogP contribution >= 0.6 is 15.9 Å². The van der Waals surface area contributed by atoms with Crippen molar-refractivity contribution in [3.8, 4) is 0 Å². The molecule has 21 heavy (non-hydrogen) atoms. The second-order valence-corrected chi connectivity index (χ2v) is 7.67. The predicted octanol–water partition coefficient (Wildman–Crippen LogP) is 4.67. The third-order valence-electron chi connectivity index (χ3n) is 3.15. The molecule has 0 saturated carbocycles. The number of hydrogen-bond donors (Lipinski definition) is 0. The van der Waals surface area contributed by atoms with Gasteiger partial charge in [0.15, 0.2) is 0 Å². The number of anilines is 1. The minimum atomic E-state index is -0.242. The maximum atomic E-state index is 12.5. The zero-order valence-corrected chi connectivity index (χ0v) is 15.2. The van der Waals surface area contributed by atoms with Gasteiger partial charge in [-0.1, -0.05) is 50.5 Å². The van der Waals surface area contributed by atoms with E-state index in [1.54, 1.807) is 0 Å². The van der Waals surface area contributed by atoms with Gasteiger partial charge in [0.1, 0.15) is 0 Å². The van der Waals surface area contributed by atoms with Crippen molar-refractivity contribution in [2.75, 3.05) is 4.90 Å². The van der Waals surface area contributed by atoms with Crippen molar-refractivity contribution < 1.29 is 9.59 Å². The van der Waals surface area contributed by atoms with Crippen molar-refractivity contribution in [3.63, 3.8) is 0 Å². The highest BCUT2D eigenvalue weighted by molar-refractivity contribution is 9.10. The molecule has 1 aromatic rings. The molecule has 0 aliphatic heterocycles. The molecule has 4 heteroatoms. The molecule has 0 aliphatic rings. The smallest absolute Gasteiger partial charge is 0.234 e. The number of rotatable bonds is 3. The Morgan fingerprint density at radius 2 is 1.81 bits per heavy atom. The number of halogens is 1. The van der Waals surface area contributed by atoms with Gasteiger partial charge in [0.05, 0.1) is 5.69 Å². The number of imide groups is 1. The summed E-state index contributed by atoms with van der Waals surface area (Å²) >= 11 is 3.46. The number of nitrogens with zero attached hydrogens (tertiary/aromatic N) is 1. The maximum absolute atomic E-state index is 12.5. The molecule has 0 aliphatic carbocycles. The van der Waals surface area contributed by atoms with Crippen molar-refractivity contribution >= 4 is 33.4 Å². The summed E-state index contributed by atoms with van der Waals surface area (Å²) in [6.07, 6.45) is 0.360. The third kappa shape index (κ3) is 4.67. The predicted molar refractivity (Wildman–Crippen MR) is 90.5 cm³/mol. The Hall–Kier alpha value is -1.16. The fraction of sp³-hybridized carbons (Fsp3) is 0.529. The Morgan fingerprint density at radius 1 is 1.24 bits per heavy atom. The third-order valence-corrected chi connectivity index (χ3v) is 3.65. The molecule has 3 nitrogen and oxygen atoms in total. The molecule has 0 atom stereocenters. The summed E-state index contributed by atoms with van der Waals surface area (Å²) < 4.78 is 0.941. The molecular formula is C17H24BrNO2. The van der Waals surface area contributed by atoms with Gasteiger partial charge in [-0.25, -0.2) is 0 Å². The van der Waals surface area contributed by atoms with Gasteiger partial charge < -0.3 is 0 Å². The lowest BCUT2D eigenvalue weighted by molar-refractivity contribution is -0.125. The summed E-state index contributed by atoms with van der Waals surface area (Å²) in [5.41, 5.74) is 1.50. The SMILES string of the molecule is CC(=O)N(C(=O)CC(C)C)c1ccc(Br)cc1C(C)(C)C. The van der Waals surface area contributed by atoms with E-state index in [0.29, 0.717) is 12.1 Å². The lowest BCUT2D eigenvalue weighted by Crippen LogP contribution is -2.37. The van der Waals surface area contributed by atoms with E-state index in [0.717, 1.165) is 10.0 Å². The molecule has 0 heterocycles. The highest BCUT2D eigenvalue weighted by Gasteiger charge is 2.27. The summed E-state index contributed by atoms with van der Waals surface area (Å²) in [7, 11) is 0. The highest BCUT2D eigenvalue weighted by Crippen LogP contribution is 2.35. The fourth-order valence-corrected chi connectivity index (χ4v) is 2.59. The number of benzene rings is 1. The maximum Gasteiger partial charge on any atom is 0.234 e. The van der Waals surface area contributed by atoms with Crippen LogP contribution in [0.4, 0.5) is 5.69 Å². The Labute approximate surface area is 135 Å². The molecule has 2 amide bonds. The van der Waals surface area contributed by atoms with E-state index < -0.39 is 0 Å². The molecule has 116 valence electrons. The first-order chi connectivity index (χ1) is 9.54. The molecule has 1 aromatic carbocycles. The lowest BCUT2D eigenvalue weighted by atomic mass is 9.85. The zero-order valence-electron chi connectivity index (χ0n) is 13.7. The van der Waals surface area contributed by atoms with E-state index in [-0.39, 0.29) is 23.1 Å². The van der Waals surface area contributed by atoms with Crippen LogP contribution in [0.1, 0.15) is 53.5 Å². The first-order valence-electron chi connectivity index (χ1n) is 7.17. The van der Waals surface area contributed by atoms with Gasteiger partial charge in [0.25, 0.3) is 0 Å². The standard InChI is InChI=1S/C17H24BrNO2/c1-11(2)9-16(21)19(12(3)20)15-8-7-13(18)10-14(15)17(4,5)6/h7-8,10-11H,9H2,1-6H3. The second kappa shape index (κ2) is 6.73. The highest BCUT2D eigenvalue weighted by atomic mass is 79.9. The lowest BCUT2D eigenvalue weighted by Gasteiger charge is -2.29. The van der Waals surface area contributed by atoms with Crippen LogP contribution in [0.2, 0.25) is 0 Å². The molecule has 0 radical (unpaired) electrons. The Morgan fingerprint density at radius 3 is 2.24 bits per heavy atom. The first kappa shape index (κ1) is 17.9. The number of amides is 2. The van der Waals surface area contributed by atoms with Crippen molar-refractivity contribution in [1.82, 2.24) is 0 Å². The normalized spacial score (nSPS) is 11.6. The zero-order chi connectivity index (χ0) is 16.4. The van der Waals surface area contributed by atoms with Crippen LogP contribution in [0.15, 0.2) is 22.7 Å². The summed E-state index contributed by atoms with van der Waals surface area (Å²) in [4.78, 5) is 25.8. The molecule has 0 saturated heterocycles. The molecule has 0 N–H and O–H groups in total. The van der Waals surface area contributed by atoms with Crippen LogP contribution in [0, 0.1) is 5.92 Å². The molecule has 0 spiro atoms. The fourth-order valence-electron chi connectivity index (χ4n) is 2.22. The summed E-state index contributed by atoms with van der Waals surface area (Å²) in [6.45, 7) is 11.6. The van der Waals surface area contributed by atoms with E-state index >= 15 is 0 Å². The minimum absolute atomic E-state index is 0.148. The molecule has 1 rings (SSSR count). The largest absolute Gasteiger partial charge is 0.274 e. The van der Waals surface area contributed by atoms with Gasteiger partial charge in [-0.2, -0.15) is 0 Å². The van der Waals surface area contributed by atoms with Crippen molar-refractivity contribution in [2.24, 2.45) is 5.92 Å². The van der Waals surface area contributed by atoms with Gasteiger partial charge in [-0.05, 0) is 35.1 Å². The summed E-state index contributed by atoms with van der Waals surface area (Å²) in [6, 6.07) is 5.68. The van der Waals surface area contributed by atoms with Crippen LogP contribution in [0.25, 0.3) is 0 Å². The van der Waals surface area contributed by atoms with Gasteiger partial charge >= 0.3 is 0 Å². The van der Waals surface area contributed by atoms with Crippen LogP contribution in [0.5, 0.6) is 0 Å². The average molecular weight is 354 g/mol. The van der Waals surface area contributed by atoms with E-state index in [1.807, 2.05) is 32.0 Å². The Kier molecular flexibility index (Phi) is 5.74. The van der Waals surface area contributed by atoms with E-state index in [2.05, 4.69) is 36.7 Å². The van der Waals surface area contributed by atoms with Crippen molar-refractivity contribution in [2.45, 2.75) is 53.4 Å². The van der Waals surface area contributed by atoms with Crippen molar-refractivity contribution in [1.29, 1.82) is 0 Å². The summed E-state index contributed by atoms with van der Waals surface area (Å²) in [5, 5.41) is 0. The molecule has 0 unspecified atom stereocenters. The summed E-state index contributed by atoms with van der Waals surface area (Å²) in [5.74, 6) is -0.174. The van der Waals surface area contributed by atoms with Crippen molar-refractivity contribution in [3.05, 3.63) is 28.2 Å². The minimum Gasteiger partial charge on any atom is -0.274 e. The van der Waals surface area contributed by atoms with Gasteiger partial charge in [-0.15, -0.1) is 0 Å². The monoisotopic (exact) mass is 353 g/mol. The topological polar surface area (TPSA) is 37.4 Å². The molecule has 0 bridgehead atoms. The average Bonchev–Trinajstić information content (AvgIpc) is 2.28. The van der Waals surface area contributed by atoms with E-state index in [9.17, 15) is 9.59 Å². The van der Waals surface area contributed by atoms with Gasteiger partial charge in [0, 0.05) is 17.8 Å². The van der Waals surface area contributed by atoms with Crippen LogP contribution in [-0.4, -0.2) is 11.8 Å². The Balaban J connectivity index is 3.39. The molecule has 0 fully saturated rings. The Bertz CT molecular complexity index is 544. The quantitative estimate of drug-likeness (QED) is 0.791. The molecule has 0 aromatic heterocycles. The number of carbonyl (C=O) groups is 2. The number of hydrogen-bond acceptors (Lipinski definition) is 2. The van der Waals surface area contributed by atoms with Crippen LogP contribution in [0.3, 0.4) is 0 Å². The van der Waals surface area contributed by atoms with Gasteiger partial charge in [0.2, 0.25) is 11.8 Å². The van der Waals surface area contributed by atoms with E-state index in [4.69, 9.17) is 0 Å². The van der Waals surface area contributed by atoms with Crippen LogP contribution in [-0.2, 0) is 15.0 Å². The van der Waals surface area contributed by atoms with E-state index in [1.165, 1.54) is 11.8 Å². The molecular weight excluding hydrogens is 330 g/mol. The van der Waals surface area contributed by atoms with Crippen LogP contribution < -0.4 is 4.90 Å². The second-order valence-electron chi connectivity index (χ2n) is 6.76. The van der Waals surface area contributed by atoms with Gasteiger partial charge in [-0.3, -0.25) is 14.5 Å².